The summed E-state index contributed by atoms with van der Waals surface area (Å²) in [6, 6.07) is 7.26. The van der Waals surface area contributed by atoms with Gasteiger partial charge in [0.2, 0.25) is 0 Å². The van der Waals surface area contributed by atoms with Crippen LogP contribution < -0.4 is 5.32 Å². The van der Waals surface area contributed by atoms with Gasteiger partial charge in [0.15, 0.2) is 0 Å². The monoisotopic (exact) mass is 202 g/mol. The number of aliphatic imine (C=N–C) groups is 1. The van der Waals surface area contributed by atoms with Crippen LogP contribution in [0.25, 0.3) is 0 Å². The molecule has 1 aromatic carbocycles. The molecule has 0 bridgehead atoms. The third-order valence-electron chi connectivity index (χ3n) is 2.97. The smallest absolute Gasteiger partial charge is 0.0826 e. The van der Waals surface area contributed by atoms with Crippen molar-refractivity contribution in [2.24, 2.45) is 4.99 Å². The molecule has 0 spiro atoms. The van der Waals surface area contributed by atoms with Crippen LogP contribution in [0.4, 0.5) is 0 Å². The maximum Gasteiger partial charge on any atom is 0.0826 e. The van der Waals surface area contributed by atoms with E-state index in [0.717, 1.165) is 19.4 Å². The predicted molar refractivity (Wildman–Crippen MR) is 64.5 cm³/mol. The van der Waals surface area contributed by atoms with Crippen molar-refractivity contribution in [2.45, 2.75) is 32.7 Å². The fourth-order valence-corrected chi connectivity index (χ4v) is 2.04. The van der Waals surface area contributed by atoms with E-state index in [1.54, 1.807) is 0 Å². The average Bonchev–Trinajstić information content (AvgIpc) is 2.24. The molecule has 1 aromatic rings. The van der Waals surface area contributed by atoms with Gasteiger partial charge in [-0.05, 0) is 37.8 Å². The van der Waals surface area contributed by atoms with E-state index in [4.69, 9.17) is 0 Å². The molecule has 1 heterocycles. The SMILES string of the molecule is Cc1ccc(CC2CCN=CN2)c(C)c1. The van der Waals surface area contributed by atoms with Crippen molar-refractivity contribution in [2.75, 3.05) is 6.54 Å². The van der Waals surface area contributed by atoms with Gasteiger partial charge >= 0.3 is 0 Å². The van der Waals surface area contributed by atoms with Gasteiger partial charge in [0.1, 0.15) is 0 Å². The molecular formula is C13H18N2. The molecule has 2 rings (SSSR count). The van der Waals surface area contributed by atoms with Crippen molar-refractivity contribution in [3.8, 4) is 0 Å². The summed E-state index contributed by atoms with van der Waals surface area (Å²) in [5, 5.41) is 3.32. The predicted octanol–water partition coefficient (Wildman–Crippen LogP) is 2.24. The molecule has 15 heavy (non-hydrogen) atoms. The fourth-order valence-electron chi connectivity index (χ4n) is 2.04. The van der Waals surface area contributed by atoms with Crippen molar-refractivity contribution in [3.63, 3.8) is 0 Å². The molecule has 0 saturated carbocycles. The second-order valence-electron chi connectivity index (χ2n) is 4.32. The first-order valence-electron chi connectivity index (χ1n) is 5.56. The van der Waals surface area contributed by atoms with Gasteiger partial charge in [-0.25, -0.2) is 0 Å². The highest BCUT2D eigenvalue weighted by Crippen LogP contribution is 2.14. The summed E-state index contributed by atoms with van der Waals surface area (Å²) in [5.41, 5.74) is 4.20. The van der Waals surface area contributed by atoms with Crippen molar-refractivity contribution in [3.05, 3.63) is 34.9 Å². The molecule has 2 heteroatoms. The van der Waals surface area contributed by atoms with Gasteiger partial charge in [-0.2, -0.15) is 0 Å². The van der Waals surface area contributed by atoms with Crippen LogP contribution in [-0.2, 0) is 6.42 Å². The van der Waals surface area contributed by atoms with Crippen LogP contribution in [0.2, 0.25) is 0 Å². The highest BCUT2D eigenvalue weighted by Gasteiger charge is 2.11. The van der Waals surface area contributed by atoms with E-state index in [-0.39, 0.29) is 0 Å². The summed E-state index contributed by atoms with van der Waals surface area (Å²) in [6.07, 6.45) is 4.10. The van der Waals surface area contributed by atoms with E-state index >= 15 is 0 Å². The first-order valence-corrected chi connectivity index (χ1v) is 5.56. The number of nitrogens with one attached hydrogen (secondary N) is 1. The minimum atomic E-state index is 0.559. The molecule has 1 aliphatic rings. The molecule has 1 atom stereocenters. The number of aryl methyl sites for hydroxylation is 2. The summed E-state index contributed by atoms with van der Waals surface area (Å²) in [5.74, 6) is 0. The molecule has 80 valence electrons. The molecule has 2 nitrogen and oxygen atoms in total. The lowest BCUT2D eigenvalue weighted by atomic mass is 9.97. The van der Waals surface area contributed by atoms with Gasteiger partial charge in [0.25, 0.3) is 0 Å². The molecule has 0 saturated heterocycles. The van der Waals surface area contributed by atoms with E-state index in [1.807, 2.05) is 6.34 Å². The Kier molecular flexibility index (Phi) is 3.05. The Morgan fingerprint density at radius 1 is 1.40 bits per heavy atom. The maximum atomic E-state index is 4.17. The highest BCUT2D eigenvalue weighted by atomic mass is 15.0. The molecule has 1 N–H and O–H groups in total. The third kappa shape index (κ3) is 2.58. The van der Waals surface area contributed by atoms with E-state index in [2.05, 4.69) is 42.4 Å². The number of hydrogen-bond donors (Lipinski definition) is 1. The number of hydrogen-bond acceptors (Lipinski definition) is 2. The minimum Gasteiger partial charge on any atom is -0.373 e. The lowest BCUT2D eigenvalue weighted by molar-refractivity contribution is 0.548. The van der Waals surface area contributed by atoms with E-state index in [1.165, 1.54) is 16.7 Å². The Hall–Kier alpha value is -1.31. The van der Waals surface area contributed by atoms with Gasteiger partial charge < -0.3 is 5.32 Å². The van der Waals surface area contributed by atoms with E-state index in [9.17, 15) is 0 Å². The fraction of sp³-hybridized carbons (Fsp3) is 0.462. The van der Waals surface area contributed by atoms with Crippen molar-refractivity contribution >= 4 is 6.34 Å². The van der Waals surface area contributed by atoms with Gasteiger partial charge in [-0.15, -0.1) is 0 Å². The van der Waals surface area contributed by atoms with Crippen LogP contribution in [-0.4, -0.2) is 18.9 Å². The molecule has 0 radical (unpaired) electrons. The highest BCUT2D eigenvalue weighted by molar-refractivity contribution is 5.55. The second-order valence-corrected chi connectivity index (χ2v) is 4.32. The van der Waals surface area contributed by atoms with Crippen LogP contribution in [0.5, 0.6) is 0 Å². The topological polar surface area (TPSA) is 24.4 Å². The molecule has 1 unspecified atom stereocenters. The summed E-state index contributed by atoms with van der Waals surface area (Å²) in [6.45, 7) is 5.30. The van der Waals surface area contributed by atoms with Crippen LogP contribution in [0.15, 0.2) is 23.2 Å². The van der Waals surface area contributed by atoms with Crippen molar-refractivity contribution < 1.29 is 0 Å². The standard InChI is InChI=1S/C13H18N2/c1-10-3-4-12(11(2)7-10)8-13-5-6-14-9-15-13/h3-4,7,9,13H,5-6,8H2,1-2H3,(H,14,15). The van der Waals surface area contributed by atoms with Crippen molar-refractivity contribution in [1.29, 1.82) is 0 Å². The van der Waals surface area contributed by atoms with E-state index < -0.39 is 0 Å². The maximum absolute atomic E-state index is 4.17. The molecule has 0 aliphatic carbocycles. The summed E-state index contributed by atoms with van der Waals surface area (Å²) >= 11 is 0. The molecule has 0 aromatic heterocycles. The van der Waals surface area contributed by atoms with Crippen LogP contribution >= 0.6 is 0 Å². The number of nitrogens with zero attached hydrogens (tertiary/aromatic N) is 1. The largest absolute Gasteiger partial charge is 0.373 e. The van der Waals surface area contributed by atoms with Crippen molar-refractivity contribution in [1.82, 2.24) is 5.32 Å². The van der Waals surface area contributed by atoms with Gasteiger partial charge in [-0.3, -0.25) is 4.99 Å². The lowest BCUT2D eigenvalue weighted by Crippen LogP contribution is -2.34. The Labute approximate surface area is 91.4 Å². The first kappa shape index (κ1) is 10.2. The summed E-state index contributed by atoms with van der Waals surface area (Å²) in [4.78, 5) is 4.17. The zero-order valence-corrected chi connectivity index (χ0v) is 9.46. The minimum absolute atomic E-state index is 0.559. The Bertz CT molecular complexity index is 369. The lowest BCUT2D eigenvalue weighted by Gasteiger charge is -2.20. The molecular weight excluding hydrogens is 184 g/mol. The number of benzene rings is 1. The Balaban J connectivity index is 2.06. The van der Waals surface area contributed by atoms with Gasteiger partial charge in [-0.1, -0.05) is 23.8 Å². The Morgan fingerprint density at radius 3 is 2.93 bits per heavy atom. The second kappa shape index (κ2) is 4.47. The zero-order chi connectivity index (χ0) is 10.7. The normalized spacial score (nSPS) is 20.0. The van der Waals surface area contributed by atoms with Gasteiger partial charge in [0.05, 0.1) is 6.34 Å². The Morgan fingerprint density at radius 2 is 2.27 bits per heavy atom. The molecule has 0 amide bonds. The van der Waals surface area contributed by atoms with E-state index in [0.29, 0.717) is 6.04 Å². The summed E-state index contributed by atoms with van der Waals surface area (Å²) in [7, 11) is 0. The third-order valence-corrected chi connectivity index (χ3v) is 2.97. The quantitative estimate of drug-likeness (QED) is 0.781. The van der Waals surface area contributed by atoms with Crippen LogP contribution in [0, 0.1) is 13.8 Å². The molecule has 0 fully saturated rings. The van der Waals surface area contributed by atoms with Gasteiger partial charge in [0, 0.05) is 12.6 Å². The summed E-state index contributed by atoms with van der Waals surface area (Å²) < 4.78 is 0. The zero-order valence-electron chi connectivity index (χ0n) is 9.46. The average molecular weight is 202 g/mol. The van der Waals surface area contributed by atoms with Crippen LogP contribution in [0.3, 0.4) is 0 Å². The number of rotatable bonds is 2. The first-order chi connectivity index (χ1) is 7.25. The van der Waals surface area contributed by atoms with Crippen LogP contribution in [0.1, 0.15) is 23.1 Å². The molecule has 1 aliphatic heterocycles.